The summed E-state index contributed by atoms with van der Waals surface area (Å²) in [6.45, 7) is 8.20. The summed E-state index contributed by atoms with van der Waals surface area (Å²) in [5.74, 6) is 1.33. The molecule has 0 amide bonds. The largest absolute Gasteiger partial charge is 0.383 e. The van der Waals surface area contributed by atoms with Gasteiger partial charge in [-0.05, 0) is 62.2 Å². The number of nitrogens with two attached hydrogens (primary N) is 1. The number of nitrogens with one attached hydrogen (secondary N) is 1. The molecule has 0 spiro atoms. The first-order valence-corrected chi connectivity index (χ1v) is 10.1. The van der Waals surface area contributed by atoms with Crippen LogP contribution in [0.4, 0.5) is 17.3 Å². The minimum absolute atomic E-state index is 0.0140. The Morgan fingerprint density at radius 3 is 2.90 bits per heavy atom. The Bertz CT molecular complexity index is 1120. The molecule has 0 bridgehead atoms. The van der Waals surface area contributed by atoms with Crippen LogP contribution in [0.5, 0.6) is 0 Å². The van der Waals surface area contributed by atoms with Gasteiger partial charge < -0.3 is 20.7 Å². The topological polar surface area (TPSA) is 100 Å². The normalized spacial score (nSPS) is 18.9. The summed E-state index contributed by atoms with van der Waals surface area (Å²) in [4.78, 5) is 11.2. The zero-order valence-electron chi connectivity index (χ0n) is 17.5. The number of pyridine rings is 2. The van der Waals surface area contributed by atoms with Gasteiger partial charge in [-0.15, -0.1) is 0 Å². The number of benzene rings is 1. The van der Waals surface area contributed by atoms with Crippen LogP contribution in [-0.2, 0) is 4.74 Å². The average Bonchev–Trinajstić information content (AvgIpc) is 2.74. The fraction of sp³-hybridized carbons (Fsp3) is 0.348. The summed E-state index contributed by atoms with van der Waals surface area (Å²) < 4.78 is 6.18. The summed E-state index contributed by atoms with van der Waals surface area (Å²) in [5, 5.41) is 13.8. The average molecular weight is 403 g/mol. The molecule has 0 unspecified atom stereocenters. The Kier molecular flexibility index (Phi) is 5.42. The van der Waals surface area contributed by atoms with Crippen molar-refractivity contribution in [3.8, 4) is 6.07 Å². The fourth-order valence-electron chi connectivity index (χ4n) is 4.03. The summed E-state index contributed by atoms with van der Waals surface area (Å²) >= 11 is 0. The van der Waals surface area contributed by atoms with E-state index < -0.39 is 0 Å². The summed E-state index contributed by atoms with van der Waals surface area (Å²) in [6, 6.07) is 12.1. The summed E-state index contributed by atoms with van der Waals surface area (Å²) in [7, 11) is 0. The number of nitriles is 1. The highest BCUT2D eigenvalue weighted by Crippen LogP contribution is 2.30. The van der Waals surface area contributed by atoms with Crippen molar-refractivity contribution >= 4 is 28.2 Å². The van der Waals surface area contributed by atoms with Gasteiger partial charge in [0.15, 0.2) is 0 Å². The number of hydrogen-bond donors (Lipinski definition) is 2. The van der Waals surface area contributed by atoms with Crippen molar-refractivity contribution in [2.24, 2.45) is 0 Å². The lowest BCUT2D eigenvalue weighted by atomic mass is 10.1. The molecule has 0 radical (unpaired) electrons. The van der Waals surface area contributed by atoms with E-state index in [-0.39, 0.29) is 12.2 Å². The van der Waals surface area contributed by atoms with Crippen LogP contribution in [0.2, 0.25) is 0 Å². The maximum absolute atomic E-state index is 9.41. The number of hydrogen-bond acceptors (Lipinski definition) is 7. The molecule has 1 aliphatic rings. The Hall–Kier alpha value is -3.37. The predicted molar refractivity (Wildman–Crippen MR) is 120 cm³/mol. The Morgan fingerprint density at radius 1 is 1.27 bits per heavy atom. The Labute approximate surface area is 176 Å². The van der Waals surface area contributed by atoms with Crippen LogP contribution in [0.25, 0.3) is 10.9 Å². The molecule has 1 aliphatic heterocycles. The second-order valence-corrected chi connectivity index (χ2v) is 7.85. The number of rotatable bonds is 4. The molecule has 7 nitrogen and oxygen atoms in total. The molecule has 2 atom stereocenters. The van der Waals surface area contributed by atoms with Gasteiger partial charge in [0.05, 0.1) is 23.3 Å². The van der Waals surface area contributed by atoms with Crippen LogP contribution in [0.1, 0.15) is 23.6 Å². The third-order valence-electron chi connectivity index (χ3n) is 5.47. The fourth-order valence-corrected chi connectivity index (χ4v) is 4.03. The van der Waals surface area contributed by atoms with Crippen LogP contribution < -0.4 is 16.0 Å². The third kappa shape index (κ3) is 3.87. The third-order valence-corrected chi connectivity index (χ3v) is 5.47. The molecule has 3 heterocycles. The first kappa shape index (κ1) is 19.9. The van der Waals surface area contributed by atoms with Crippen molar-refractivity contribution in [2.75, 3.05) is 35.6 Å². The lowest BCUT2D eigenvalue weighted by Crippen LogP contribution is -2.49. The van der Waals surface area contributed by atoms with Crippen LogP contribution in [0.15, 0.2) is 36.5 Å². The van der Waals surface area contributed by atoms with Gasteiger partial charge in [0.25, 0.3) is 0 Å². The smallest absolute Gasteiger partial charge is 0.131 e. The van der Waals surface area contributed by atoms with Crippen molar-refractivity contribution in [3.63, 3.8) is 0 Å². The molecule has 7 heteroatoms. The molecule has 30 heavy (non-hydrogen) atoms. The van der Waals surface area contributed by atoms with Gasteiger partial charge in [0.2, 0.25) is 0 Å². The van der Waals surface area contributed by atoms with Crippen LogP contribution >= 0.6 is 0 Å². The molecule has 4 rings (SSSR count). The molecule has 3 N–H and O–H groups in total. The molecule has 1 saturated heterocycles. The maximum Gasteiger partial charge on any atom is 0.131 e. The SMILES string of the molecule is Cc1cc(C)c(NC[C@@H]2CN(c3ccc(C#N)c4ncccc34)C[C@@H](C)O2)nc1N. The molecule has 2 aromatic heterocycles. The summed E-state index contributed by atoms with van der Waals surface area (Å²) in [6.07, 6.45) is 1.79. The highest BCUT2D eigenvalue weighted by atomic mass is 16.5. The zero-order valence-corrected chi connectivity index (χ0v) is 17.5. The number of nitrogens with zero attached hydrogens (tertiary/aromatic N) is 4. The van der Waals surface area contributed by atoms with E-state index in [9.17, 15) is 5.26 Å². The minimum atomic E-state index is -0.0140. The number of aromatic nitrogens is 2. The highest BCUT2D eigenvalue weighted by molar-refractivity contribution is 5.95. The first-order chi connectivity index (χ1) is 14.5. The van der Waals surface area contributed by atoms with Gasteiger partial charge in [0.1, 0.15) is 17.7 Å². The summed E-state index contributed by atoms with van der Waals surface area (Å²) in [5.41, 5.74) is 10.4. The standard InChI is InChI=1S/C23H26N6O/c1-14-9-15(2)23(28-22(14)25)27-11-18-13-29(12-16(3)30-18)20-7-6-17(10-24)21-19(20)5-4-8-26-21/h4-9,16,18H,11-13H2,1-3H3,(H3,25,27,28)/t16-,18-/m1/s1. The van der Waals surface area contributed by atoms with Crippen molar-refractivity contribution in [3.05, 3.63) is 53.2 Å². The van der Waals surface area contributed by atoms with Crippen molar-refractivity contribution in [2.45, 2.75) is 33.0 Å². The molecular formula is C23H26N6O. The van der Waals surface area contributed by atoms with E-state index in [1.807, 2.05) is 44.2 Å². The predicted octanol–water partition coefficient (Wildman–Crippen LogP) is 3.41. The lowest BCUT2D eigenvalue weighted by Gasteiger charge is -2.39. The highest BCUT2D eigenvalue weighted by Gasteiger charge is 2.27. The van der Waals surface area contributed by atoms with E-state index in [1.54, 1.807) is 6.20 Å². The second-order valence-electron chi connectivity index (χ2n) is 7.85. The number of ether oxygens (including phenoxy) is 1. The molecular weight excluding hydrogens is 376 g/mol. The number of aryl methyl sites for hydroxylation is 2. The minimum Gasteiger partial charge on any atom is -0.383 e. The molecule has 3 aromatic rings. The van der Waals surface area contributed by atoms with Crippen molar-refractivity contribution in [1.29, 1.82) is 5.26 Å². The van der Waals surface area contributed by atoms with E-state index in [0.717, 1.165) is 46.6 Å². The Morgan fingerprint density at radius 2 is 2.10 bits per heavy atom. The quantitative estimate of drug-likeness (QED) is 0.690. The molecule has 154 valence electrons. The number of fused-ring (bicyclic) bond motifs is 1. The Balaban J connectivity index is 1.55. The van der Waals surface area contributed by atoms with Gasteiger partial charge in [-0.25, -0.2) is 4.98 Å². The van der Waals surface area contributed by atoms with Crippen molar-refractivity contribution in [1.82, 2.24) is 9.97 Å². The van der Waals surface area contributed by atoms with Crippen LogP contribution in [0, 0.1) is 25.2 Å². The second kappa shape index (κ2) is 8.17. The van der Waals surface area contributed by atoms with Gasteiger partial charge in [-0.3, -0.25) is 4.98 Å². The lowest BCUT2D eigenvalue weighted by molar-refractivity contribution is -0.00824. The molecule has 1 fully saturated rings. The van der Waals surface area contributed by atoms with Gasteiger partial charge in [0, 0.05) is 36.9 Å². The van der Waals surface area contributed by atoms with Crippen molar-refractivity contribution < 1.29 is 4.74 Å². The first-order valence-electron chi connectivity index (χ1n) is 10.1. The number of anilines is 3. The van der Waals surface area contributed by atoms with E-state index >= 15 is 0 Å². The van der Waals surface area contributed by atoms with Crippen LogP contribution in [0.3, 0.4) is 0 Å². The molecule has 0 aliphatic carbocycles. The van der Waals surface area contributed by atoms with Gasteiger partial charge in [-0.1, -0.05) is 0 Å². The van der Waals surface area contributed by atoms with E-state index in [0.29, 0.717) is 17.9 Å². The van der Waals surface area contributed by atoms with E-state index in [2.05, 4.69) is 33.2 Å². The van der Waals surface area contributed by atoms with Gasteiger partial charge in [-0.2, -0.15) is 5.26 Å². The zero-order chi connectivity index (χ0) is 21.3. The maximum atomic E-state index is 9.41. The van der Waals surface area contributed by atoms with E-state index in [4.69, 9.17) is 10.5 Å². The van der Waals surface area contributed by atoms with E-state index in [1.165, 1.54) is 0 Å². The number of nitrogen functional groups attached to an aromatic ring is 1. The van der Waals surface area contributed by atoms with Crippen LogP contribution in [-0.4, -0.2) is 41.8 Å². The number of morpholine rings is 1. The van der Waals surface area contributed by atoms with Gasteiger partial charge >= 0.3 is 0 Å². The molecule has 1 aromatic carbocycles. The molecule has 0 saturated carbocycles. The monoisotopic (exact) mass is 402 g/mol.